The van der Waals surface area contributed by atoms with Gasteiger partial charge in [-0.25, -0.2) is 0 Å². The van der Waals surface area contributed by atoms with Gasteiger partial charge in [-0.3, -0.25) is 0 Å². The molecule has 0 saturated carbocycles. The van der Waals surface area contributed by atoms with Gasteiger partial charge in [0.25, 0.3) is 6.71 Å². The molecule has 15 aromatic carbocycles. The van der Waals surface area contributed by atoms with Crippen molar-refractivity contribution in [1.82, 2.24) is 0 Å². The summed E-state index contributed by atoms with van der Waals surface area (Å²) in [6, 6.07) is 96.0. The largest absolute Gasteiger partial charge is 0.486 e. The van der Waals surface area contributed by atoms with E-state index in [-0.39, 0.29) is 46.6 Å². The number of hydrogen-bond donors (Lipinski definition) is 0. The topological polar surface area (TPSA) is 49.9 Å². The fourth-order valence-electron chi connectivity index (χ4n) is 19.9. The third kappa shape index (κ3) is 10.4. The van der Waals surface area contributed by atoms with E-state index in [1.165, 1.54) is 0 Å². The van der Waals surface area contributed by atoms with E-state index in [0.29, 0.717) is 73.7 Å². The molecule has 8 aliphatic heterocycles. The molecular weight excluding hydrogens is 1430 g/mol. The van der Waals surface area contributed by atoms with Crippen molar-refractivity contribution in [1.29, 1.82) is 0 Å². The molecule has 0 saturated heterocycles. The fourth-order valence-corrected chi connectivity index (χ4v) is 23.0. The minimum atomic E-state index is -0.760. The van der Waals surface area contributed by atoms with Gasteiger partial charge in [0.15, 0.2) is 0 Å². The number of thioether (sulfide) groups is 2. The van der Waals surface area contributed by atoms with Gasteiger partial charge in [-0.05, 0) is 192 Å². The number of benzene rings is 15. The van der Waals surface area contributed by atoms with E-state index in [4.69, 9.17) is 18.9 Å². The number of para-hydroxylation sites is 4. The van der Waals surface area contributed by atoms with Crippen LogP contribution in [0.2, 0.25) is 0 Å². The fraction of sp³-hybridized carbons (Fsp3) is 0.109. The third-order valence-corrected chi connectivity index (χ3v) is 27.1. The van der Waals surface area contributed by atoms with Crippen LogP contribution in [0, 0.1) is 41.5 Å². The van der Waals surface area contributed by atoms with Crippen LogP contribution in [-0.4, -0.2) is 30.4 Å². The minimum absolute atomic E-state index is 0.0428. The molecule has 0 aliphatic carbocycles. The summed E-state index contributed by atoms with van der Waals surface area (Å²) in [5.41, 5.74) is 24.2. The first-order valence-corrected chi connectivity index (χ1v) is 41.1. The molecule has 8 nitrogen and oxygen atoms in total. The monoisotopic (exact) mass is 1510 g/mol. The highest BCUT2D eigenvalue weighted by molar-refractivity contribution is 8.02. The molecule has 13 heteroatoms. The van der Waals surface area contributed by atoms with E-state index in [2.05, 4.69) is 173 Å². The molecule has 0 aromatic heterocycles. The summed E-state index contributed by atoms with van der Waals surface area (Å²) < 4.78 is 97.8. The van der Waals surface area contributed by atoms with Gasteiger partial charge in [0.1, 0.15) is 46.7 Å². The Morgan fingerprint density at radius 3 is 1.21 bits per heavy atom. The highest BCUT2D eigenvalue weighted by atomic mass is 32.2. The number of hydrogen-bond acceptors (Lipinski definition) is 10. The second-order valence-electron chi connectivity index (χ2n) is 31.4. The Kier molecular flexibility index (Phi) is 14.0. The number of aryl methyl sites for hydroxylation is 6. The molecule has 544 valence electrons. The molecule has 0 fully saturated rings. The van der Waals surface area contributed by atoms with Gasteiger partial charge in [0, 0.05) is 118 Å². The van der Waals surface area contributed by atoms with E-state index >= 15 is 0 Å². The van der Waals surface area contributed by atoms with Gasteiger partial charge in [-0.15, -0.1) is 23.5 Å². The lowest BCUT2D eigenvalue weighted by Crippen LogP contribution is -2.65. The standard InChI is InChI=1S/C101H75B3N4O4S2/c1-59-45-61(3)96(62(4)46-59)107-80-57-85-79(104-95-88(110-85)53-73(106(70-37-21-11-22-38-70)71-39-23-12-24-40-71)54-89(95)112-99-75-42-26-28-44-91(75)114-101(99)104)55-76(80)102-78-56-77-81(58-84(78)109-86-50-67(49-82(107)93(86)102)92(65-29-13-7-14-30-65)66-31-15-8-16-32-66)108(97-63(5)47-60(2)48-64(97)6)83-51-72(105(68-33-17-9-18-34-68)69-35-19-10-20-36-69)52-87-94(83)103(77)100-98(111-87)74-41-25-27-43-90(74)113-100/h7-58,92,98-101H,1-6H3/i49D,50D,51D,52D,53D,54D. The molecule has 23 rings (SSSR count). The number of nitrogens with zero attached hydrogens (tertiary/aromatic N) is 4. The number of anilines is 12. The van der Waals surface area contributed by atoms with Crippen LogP contribution in [0.1, 0.15) is 87.5 Å². The highest BCUT2D eigenvalue weighted by Crippen LogP contribution is 2.58. The van der Waals surface area contributed by atoms with Crippen LogP contribution in [0.25, 0.3) is 0 Å². The quantitative estimate of drug-likeness (QED) is 0.0925. The predicted octanol–water partition coefficient (Wildman–Crippen LogP) is 21.5. The first-order valence-electron chi connectivity index (χ1n) is 42.3. The van der Waals surface area contributed by atoms with Crippen molar-refractivity contribution in [2.75, 3.05) is 19.6 Å². The third-order valence-electron chi connectivity index (χ3n) is 24.3. The second-order valence-corrected chi connectivity index (χ2v) is 33.8. The molecule has 15 aromatic rings. The lowest BCUT2D eigenvalue weighted by molar-refractivity contribution is 0.218. The zero-order chi connectivity index (χ0) is 81.1. The summed E-state index contributed by atoms with van der Waals surface area (Å²) in [6.07, 6.45) is -1.05. The maximum absolute atomic E-state index is 11.6. The van der Waals surface area contributed by atoms with Crippen LogP contribution in [0.3, 0.4) is 0 Å². The molecule has 114 heavy (non-hydrogen) atoms. The Morgan fingerprint density at radius 1 is 0.333 bits per heavy atom. The molecule has 4 atom stereocenters. The Balaban J connectivity index is 0.841. The SMILES string of the molecule is [2H]c1c2c3c(c([2H])c1C(c1ccccc1)c1ccccc1)N(c1c(C)cc(C)cc1C)c1cc4c(cc1B3c1cc3c(cc1O2)N(c1c(C)cc(C)cc1C)c1c([2H])c(N(c2ccccc2)c2ccccc2)c([2H])c2c1B3C1Sc3ccccc3C1O2)B1c2c(c([2H])c(N(c3ccccc3)c3ccccc3)c([2H])c2OC2c3ccccc3SC12)O4. The van der Waals surface area contributed by atoms with Crippen molar-refractivity contribution in [2.24, 2.45) is 0 Å². The smallest absolute Gasteiger partial charge is 0.256 e. The van der Waals surface area contributed by atoms with Crippen LogP contribution in [0.4, 0.5) is 68.2 Å². The Labute approximate surface area is 683 Å². The van der Waals surface area contributed by atoms with Crippen molar-refractivity contribution in [3.8, 4) is 34.5 Å². The minimum Gasteiger partial charge on any atom is -0.486 e. The molecule has 0 amide bonds. The van der Waals surface area contributed by atoms with Crippen molar-refractivity contribution in [3.63, 3.8) is 0 Å². The molecule has 8 aliphatic rings. The van der Waals surface area contributed by atoms with Crippen molar-refractivity contribution >= 4 is 150 Å². The van der Waals surface area contributed by atoms with Crippen LogP contribution in [0.15, 0.2) is 325 Å². The van der Waals surface area contributed by atoms with E-state index in [1.54, 1.807) is 23.5 Å². The molecular formula is C101H75B3N4O4S2. The molecule has 4 unspecified atom stereocenters. The van der Waals surface area contributed by atoms with Crippen LogP contribution in [0.5, 0.6) is 34.5 Å². The van der Waals surface area contributed by atoms with Gasteiger partial charge in [0.2, 0.25) is 13.4 Å². The van der Waals surface area contributed by atoms with Gasteiger partial charge < -0.3 is 38.5 Å². The normalized spacial score (nSPS) is 17.4. The number of rotatable bonds is 11. The molecule has 0 radical (unpaired) electrons. The average molecular weight is 1510 g/mol. The molecule has 0 bridgehead atoms. The second kappa shape index (κ2) is 26.1. The van der Waals surface area contributed by atoms with E-state index in [1.807, 2.05) is 168 Å². The maximum atomic E-state index is 11.6. The molecule has 0 spiro atoms. The molecule has 0 N–H and O–H groups in total. The Morgan fingerprint density at radius 2 is 0.719 bits per heavy atom. The summed E-state index contributed by atoms with van der Waals surface area (Å²) in [5, 5.41) is -0.599. The summed E-state index contributed by atoms with van der Waals surface area (Å²) in [5.74, 6) is 1.82. The average Bonchev–Trinajstić information content (AvgIpc) is 0.926. The summed E-state index contributed by atoms with van der Waals surface area (Å²) >= 11 is 3.56. The van der Waals surface area contributed by atoms with Crippen molar-refractivity contribution < 1.29 is 27.2 Å². The van der Waals surface area contributed by atoms with Crippen LogP contribution < -0.4 is 76.8 Å². The van der Waals surface area contributed by atoms with Gasteiger partial charge >= 0.3 is 0 Å². The highest BCUT2D eigenvalue weighted by Gasteiger charge is 2.57. The van der Waals surface area contributed by atoms with E-state index in [9.17, 15) is 8.22 Å². The molecule has 8 heterocycles. The van der Waals surface area contributed by atoms with E-state index in [0.717, 1.165) is 138 Å². The van der Waals surface area contributed by atoms with Gasteiger partial charge in [0.05, 0.1) is 31.0 Å². The number of ether oxygens (including phenoxy) is 4. The van der Waals surface area contributed by atoms with Crippen molar-refractivity contribution in [3.05, 3.63) is 377 Å². The predicted molar refractivity (Wildman–Crippen MR) is 474 cm³/mol. The summed E-state index contributed by atoms with van der Waals surface area (Å²) in [6.45, 7) is 11.1. The first-order chi connectivity index (χ1) is 58.6. The maximum Gasteiger partial charge on any atom is 0.256 e. The Hall–Kier alpha value is -12.4. The first kappa shape index (κ1) is 61.2. The zero-order valence-corrected chi connectivity index (χ0v) is 65.0. The van der Waals surface area contributed by atoms with Gasteiger partial charge in [-0.1, -0.05) is 217 Å². The zero-order valence-electron chi connectivity index (χ0n) is 69.4. The lowest BCUT2D eigenvalue weighted by Gasteiger charge is -2.46. The van der Waals surface area contributed by atoms with Crippen LogP contribution in [-0.2, 0) is 0 Å². The Bertz CT molecular complexity index is 6720. The van der Waals surface area contributed by atoms with Crippen molar-refractivity contribution in [2.45, 2.75) is 79.8 Å². The number of fused-ring (bicyclic) bond motifs is 16. The summed E-state index contributed by atoms with van der Waals surface area (Å²) in [7, 11) is 0. The lowest BCUT2D eigenvalue weighted by atomic mass is 9.30. The summed E-state index contributed by atoms with van der Waals surface area (Å²) in [4.78, 5) is 10.8. The van der Waals surface area contributed by atoms with E-state index < -0.39 is 38.3 Å². The van der Waals surface area contributed by atoms with Gasteiger partial charge in [-0.2, -0.15) is 0 Å². The van der Waals surface area contributed by atoms with Crippen LogP contribution >= 0.6 is 23.5 Å².